The fourth-order valence-corrected chi connectivity index (χ4v) is 2.55. The van der Waals surface area contributed by atoms with E-state index in [1.54, 1.807) is 7.11 Å². The van der Waals surface area contributed by atoms with Crippen LogP contribution in [0.1, 0.15) is 71.1 Å². The highest BCUT2D eigenvalue weighted by Crippen LogP contribution is 2.10. The molecule has 0 fully saturated rings. The molecule has 0 atom stereocenters. The van der Waals surface area contributed by atoms with Crippen molar-refractivity contribution in [2.75, 3.05) is 46.9 Å². The van der Waals surface area contributed by atoms with Gasteiger partial charge in [-0.3, -0.25) is 0 Å². The molecule has 0 aliphatic heterocycles. The van der Waals surface area contributed by atoms with E-state index < -0.39 is 0 Å². The minimum absolute atomic E-state index is 0.808. The average molecular weight is 301 g/mol. The van der Waals surface area contributed by atoms with Gasteiger partial charge in [-0.2, -0.15) is 0 Å². The van der Waals surface area contributed by atoms with Crippen LogP contribution < -0.4 is 5.32 Å². The van der Waals surface area contributed by atoms with E-state index in [1.165, 1.54) is 70.8 Å². The number of likely N-dealkylation sites (N-methyl/N-ethyl adjacent to an activating group) is 1. The number of nitrogens with zero attached hydrogens (tertiary/aromatic N) is 1. The molecule has 1 N–H and O–H groups in total. The zero-order chi connectivity index (χ0) is 15.6. The fourth-order valence-electron chi connectivity index (χ4n) is 2.55. The summed E-state index contributed by atoms with van der Waals surface area (Å²) >= 11 is 0. The summed E-state index contributed by atoms with van der Waals surface area (Å²) in [6.45, 7) is 7.50. The van der Waals surface area contributed by atoms with Gasteiger partial charge in [0, 0.05) is 26.7 Å². The number of rotatable bonds is 17. The van der Waals surface area contributed by atoms with Crippen molar-refractivity contribution < 1.29 is 4.74 Å². The van der Waals surface area contributed by atoms with Crippen molar-refractivity contribution in [3.8, 4) is 0 Å². The Morgan fingerprint density at radius 2 is 1.33 bits per heavy atom. The topological polar surface area (TPSA) is 24.5 Å². The Kier molecular flexibility index (Phi) is 17.8. The molecule has 3 heteroatoms. The van der Waals surface area contributed by atoms with Crippen LogP contribution in [0.4, 0.5) is 0 Å². The third-order valence-electron chi connectivity index (χ3n) is 4.05. The maximum Gasteiger partial charge on any atom is 0.0587 e. The Balaban J connectivity index is 3.09. The molecule has 3 nitrogen and oxygen atoms in total. The third-order valence-corrected chi connectivity index (χ3v) is 4.05. The zero-order valence-corrected chi connectivity index (χ0v) is 15.0. The Morgan fingerprint density at radius 3 is 1.90 bits per heavy atom. The van der Waals surface area contributed by atoms with Crippen molar-refractivity contribution >= 4 is 0 Å². The van der Waals surface area contributed by atoms with E-state index in [0.29, 0.717) is 0 Å². The quantitative estimate of drug-likeness (QED) is 0.410. The number of methoxy groups -OCH3 is 1. The van der Waals surface area contributed by atoms with E-state index in [0.717, 1.165) is 26.2 Å². The van der Waals surface area contributed by atoms with E-state index in [4.69, 9.17) is 4.74 Å². The monoisotopic (exact) mass is 300 g/mol. The van der Waals surface area contributed by atoms with Gasteiger partial charge in [0.25, 0.3) is 0 Å². The number of ether oxygens (including phenoxy) is 1. The number of hydrogen-bond acceptors (Lipinski definition) is 3. The van der Waals surface area contributed by atoms with Crippen LogP contribution in [0.15, 0.2) is 0 Å². The highest BCUT2D eigenvalue weighted by atomic mass is 16.5. The van der Waals surface area contributed by atoms with Gasteiger partial charge in [-0.15, -0.1) is 0 Å². The second-order valence-electron chi connectivity index (χ2n) is 6.23. The molecule has 0 aliphatic carbocycles. The predicted octanol–water partition coefficient (Wildman–Crippen LogP) is 4.08. The van der Waals surface area contributed by atoms with Crippen molar-refractivity contribution in [2.45, 2.75) is 71.1 Å². The van der Waals surface area contributed by atoms with Gasteiger partial charge in [0.2, 0.25) is 0 Å². The highest BCUT2D eigenvalue weighted by molar-refractivity contribution is 4.56. The summed E-state index contributed by atoms with van der Waals surface area (Å²) in [5.74, 6) is 0. The van der Waals surface area contributed by atoms with Crippen LogP contribution in [0, 0.1) is 0 Å². The largest absolute Gasteiger partial charge is 0.383 e. The lowest BCUT2D eigenvalue weighted by molar-refractivity contribution is 0.197. The SMILES string of the molecule is CCCCCCCCCCCCN(C)CCNCCOC. The molecular weight excluding hydrogens is 260 g/mol. The van der Waals surface area contributed by atoms with Crippen LogP contribution in [-0.4, -0.2) is 51.8 Å². The summed E-state index contributed by atoms with van der Waals surface area (Å²) in [6.07, 6.45) is 14.2. The van der Waals surface area contributed by atoms with Crippen molar-refractivity contribution in [1.82, 2.24) is 10.2 Å². The van der Waals surface area contributed by atoms with E-state index in [-0.39, 0.29) is 0 Å². The Morgan fingerprint density at radius 1 is 0.762 bits per heavy atom. The predicted molar refractivity (Wildman–Crippen MR) is 94.1 cm³/mol. The molecule has 0 aromatic rings. The van der Waals surface area contributed by atoms with Gasteiger partial charge < -0.3 is 15.0 Å². The lowest BCUT2D eigenvalue weighted by atomic mass is 10.1. The molecule has 0 amide bonds. The van der Waals surface area contributed by atoms with Gasteiger partial charge in [0.1, 0.15) is 0 Å². The fraction of sp³-hybridized carbons (Fsp3) is 1.00. The number of nitrogens with one attached hydrogen (secondary N) is 1. The van der Waals surface area contributed by atoms with Crippen LogP contribution >= 0.6 is 0 Å². The molecule has 0 saturated heterocycles. The first-order valence-corrected chi connectivity index (χ1v) is 9.19. The maximum atomic E-state index is 5.01. The molecule has 0 heterocycles. The molecule has 0 aromatic carbocycles. The Hall–Kier alpha value is -0.120. The minimum atomic E-state index is 0.808. The Bertz CT molecular complexity index is 188. The molecule has 0 aliphatic rings. The van der Waals surface area contributed by atoms with Crippen molar-refractivity contribution in [1.29, 1.82) is 0 Å². The van der Waals surface area contributed by atoms with Crippen LogP contribution in [0.2, 0.25) is 0 Å². The summed E-state index contributed by atoms with van der Waals surface area (Å²) < 4.78 is 5.01. The summed E-state index contributed by atoms with van der Waals surface area (Å²) in [7, 11) is 3.98. The minimum Gasteiger partial charge on any atom is -0.383 e. The van der Waals surface area contributed by atoms with Gasteiger partial charge in [0.15, 0.2) is 0 Å². The smallest absolute Gasteiger partial charge is 0.0587 e. The number of unbranched alkanes of at least 4 members (excludes halogenated alkanes) is 9. The number of hydrogen-bond donors (Lipinski definition) is 1. The molecule has 0 unspecified atom stereocenters. The van der Waals surface area contributed by atoms with Gasteiger partial charge >= 0.3 is 0 Å². The second-order valence-corrected chi connectivity index (χ2v) is 6.23. The van der Waals surface area contributed by atoms with E-state index in [1.807, 2.05) is 0 Å². The van der Waals surface area contributed by atoms with E-state index in [2.05, 4.69) is 24.2 Å². The van der Waals surface area contributed by atoms with Crippen LogP contribution in [0.5, 0.6) is 0 Å². The molecule has 0 rings (SSSR count). The maximum absolute atomic E-state index is 5.01. The lowest BCUT2D eigenvalue weighted by Crippen LogP contribution is -2.31. The third kappa shape index (κ3) is 17.8. The summed E-state index contributed by atoms with van der Waals surface area (Å²) in [6, 6.07) is 0. The van der Waals surface area contributed by atoms with Gasteiger partial charge in [0.05, 0.1) is 6.61 Å². The molecule has 0 saturated carbocycles. The molecule has 128 valence electrons. The zero-order valence-electron chi connectivity index (χ0n) is 15.0. The van der Waals surface area contributed by atoms with Gasteiger partial charge in [-0.1, -0.05) is 64.7 Å². The Labute approximate surface area is 133 Å². The van der Waals surface area contributed by atoms with E-state index >= 15 is 0 Å². The molecule has 0 radical (unpaired) electrons. The normalized spacial score (nSPS) is 11.4. The van der Waals surface area contributed by atoms with Crippen molar-refractivity contribution in [3.63, 3.8) is 0 Å². The first-order chi connectivity index (χ1) is 10.3. The van der Waals surface area contributed by atoms with Crippen molar-refractivity contribution in [2.24, 2.45) is 0 Å². The average Bonchev–Trinajstić information content (AvgIpc) is 2.49. The molecule has 21 heavy (non-hydrogen) atoms. The highest BCUT2D eigenvalue weighted by Gasteiger charge is 1.98. The van der Waals surface area contributed by atoms with Crippen LogP contribution in [-0.2, 0) is 4.74 Å². The summed E-state index contributed by atoms with van der Waals surface area (Å²) in [4.78, 5) is 2.44. The van der Waals surface area contributed by atoms with Crippen LogP contribution in [0.3, 0.4) is 0 Å². The lowest BCUT2D eigenvalue weighted by Gasteiger charge is -2.16. The van der Waals surface area contributed by atoms with Crippen molar-refractivity contribution in [3.05, 3.63) is 0 Å². The molecule has 0 spiro atoms. The first-order valence-electron chi connectivity index (χ1n) is 9.19. The second kappa shape index (κ2) is 17.9. The summed E-state index contributed by atoms with van der Waals surface area (Å²) in [5.41, 5.74) is 0. The standard InChI is InChI=1S/C18H40N2O/c1-4-5-6-7-8-9-10-11-12-13-16-20(2)17-14-19-15-18-21-3/h19H,4-18H2,1-3H3. The molecule has 0 bridgehead atoms. The molecular formula is C18H40N2O. The molecule has 0 aromatic heterocycles. The van der Waals surface area contributed by atoms with Gasteiger partial charge in [-0.25, -0.2) is 0 Å². The summed E-state index contributed by atoms with van der Waals surface area (Å²) in [5, 5.41) is 3.39. The van der Waals surface area contributed by atoms with Gasteiger partial charge in [-0.05, 0) is 20.0 Å². The van der Waals surface area contributed by atoms with E-state index in [9.17, 15) is 0 Å². The first kappa shape index (κ1) is 20.9. The van der Waals surface area contributed by atoms with Crippen LogP contribution in [0.25, 0.3) is 0 Å².